The summed E-state index contributed by atoms with van der Waals surface area (Å²) in [4.78, 5) is 33.2. The Morgan fingerprint density at radius 1 is 1.32 bits per heavy atom. The summed E-state index contributed by atoms with van der Waals surface area (Å²) in [6.07, 6.45) is 0.618. The van der Waals surface area contributed by atoms with Crippen molar-refractivity contribution in [1.82, 2.24) is 20.1 Å². The summed E-state index contributed by atoms with van der Waals surface area (Å²) < 4.78 is 51.6. The molecule has 0 spiro atoms. The zero-order valence-electron chi connectivity index (χ0n) is 21.3. The van der Waals surface area contributed by atoms with Gasteiger partial charge in [0.05, 0.1) is 37.6 Å². The zero-order valence-corrected chi connectivity index (χ0v) is 23.3. The molecule has 14 heteroatoms. The number of hydrogen-bond donors (Lipinski definition) is 2. The second kappa shape index (κ2) is 10.2. The Balaban J connectivity index is 1.10. The minimum atomic E-state index is -4.82. The van der Waals surface area contributed by atoms with E-state index >= 15 is 0 Å². The molecule has 2 unspecified atom stereocenters. The van der Waals surface area contributed by atoms with E-state index in [4.69, 9.17) is 9.47 Å². The van der Waals surface area contributed by atoms with Gasteiger partial charge >= 0.3 is 6.18 Å². The number of nitrogens with one attached hydrogen (secondary N) is 2. The molecule has 1 amide bonds. The van der Waals surface area contributed by atoms with Crippen LogP contribution in [0.5, 0.6) is 5.75 Å². The SMILES string of the molecule is CC([SiH3])(COCCC(=O)N1CCN2c3ncc(C4CC4)cc3OCC2C1)Nc1cn[nH]c(=O)c1C(F)(F)F. The first-order chi connectivity index (χ1) is 18.0. The molecule has 2 aromatic rings. The van der Waals surface area contributed by atoms with Crippen LogP contribution in [0.15, 0.2) is 23.3 Å². The van der Waals surface area contributed by atoms with E-state index in [1.54, 1.807) is 11.8 Å². The lowest BCUT2D eigenvalue weighted by atomic mass is 10.1. The van der Waals surface area contributed by atoms with Crippen LogP contribution in [-0.4, -0.2) is 86.9 Å². The topological polar surface area (TPSA) is 113 Å². The van der Waals surface area contributed by atoms with Crippen LogP contribution in [0.1, 0.15) is 43.2 Å². The lowest BCUT2D eigenvalue weighted by molar-refractivity contribution is -0.138. The molecule has 5 rings (SSSR count). The number of piperazine rings is 1. The lowest BCUT2D eigenvalue weighted by Crippen LogP contribution is -2.58. The van der Waals surface area contributed by atoms with Crippen molar-refractivity contribution in [2.45, 2.75) is 49.5 Å². The maximum absolute atomic E-state index is 13.3. The molecule has 0 bridgehead atoms. The molecule has 0 radical (unpaired) electrons. The van der Waals surface area contributed by atoms with Gasteiger partial charge in [-0.05, 0) is 37.3 Å². The smallest absolute Gasteiger partial charge is 0.423 e. The molecule has 1 saturated heterocycles. The molecule has 2 aromatic heterocycles. The van der Waals surface area contributed by atoms with Gasteiger partial charge in [-0.2, -0.15) is 18.3 Å². The van der Waals surface area contributed by atoms with Gasteiger partial charge in [0.2, 0.25) is 5.91 Å². The monoisotopic (exact) mass is 552 g/mol. The number of fused-ring (bicyclic) bond motifs is 3. The van der Waals surface area contributed by atoms with Crippen molar-refractivity contribution in [3.05, 3.63) is 39.9 Å². The molecule has 2 aliphatic heterocycles. The van der Waals surface area contributed by atoms with E-state index in [2.05, 4.69) is 26.4 Å². The van der Waals surface area contributed by atoms with Crippen molar-refractivity contribution in [3.8, 4) is 5.75 Å². The summed E-state index contributed by atoms with van der Waals surface area (Å²) in [5.41, 5.74) is -1.80. The zero-order chi connectivity index (χ0) is 27.1. The van der Waals surface area contributed by atoms with Gasteiger partial charge in [0.1, 0.15) is 12.2 Å². The maximum atomic E-state index is 13.3. The third-order valence-electron chi connectivity index (χ3n) is 6.98. The van der Waals surface area contributed by atoms with E-state index in [9.17, 15) is 22.8 Å². The summed E-state index contributed by atoms with van der Waals surface area (Å²) in [5, 5.41) is 7.23. The number of carbonyl (C=O) groups is 1. The number of hydrogen-bond acceptors (Lipinski definition) is 8. The minimum absolute atomic E-state index is 0.0278. The first kappa shape index (κ1) is 26.5. The number of carbonyl (C=O) groups excluding carboxylic acids is 1. The van der Waals surface area contributed by atoms with Crippen molar-refractivity contribution in [1.29, 1.82) is 0 Å². The Morgan fingerprint density at radius 2 is 2.11 bits per heavy atom. The number of aromatic nitrogens is 3. The number of rotatable bonds is 8. The van der Waals surface area contributed by atoms with E-state index in [0.29, 0.717) is 42.4 Å². The predicted molar refractivity (Wildman–Crippen MR) is 137 cm³/mol. The quantitative estimate of drug-likeness (QED) is 0.370. The number of anilines is 2. The van der Waals surface area contributed by atoms with Crippen LogP contribution in [-0.2, 0) is 15.7 Å². The number of H-pyrrole nitrogens is 1. The number of pyridine rings is 1. The van der Waals surface area contributed by atoms with Crippen LogP contribution < -0.4 is 20.5 Å². The molecular formula is C24H31F3N6O4Si. The molecule has 1 saturated carbocycles. The fourth-order valence-corrected chi connectivity index (χ4v) is 5.40. The third-order valence-corrected chi connectivity index (χ3v) is 7.52. The second-order valence-corrected chi connectivity index (χ2v) is 12.9. The summed E-state index contributed by atoms with van der Waals surface area (Å²) in [5.74, 6) is 2.21. The van der Waals surface area contributed by atoms with Crippen LogP contribution >= 0.6 is 0 Å². The Morgan fingerprint density at radius 3 is 2.84 bits per heavy atom. The van der Waals surface area contributed by atoms with Crippen molar-refractivity contribution in [2.75, 3.05) is 49.7 Å². The molecule has 38 heavy (non-hydrogen) atoms. The first-order valence-electron chi connectivity index (χ1n) is 12.7. The van der Waals surface area contributed by atoms with Crippen molar-refractivity contribution < 1.29 is 27.4 Å². The van der Waals surface area contributed by atoms with Gasteiger partial charge in [-0.25, -0.2) is 10.1 Å². The Bertz CT molecular complexity index is 1250. The van der Waals surface area contributed by atoms with Gasteiger partial charge < -0.3 is 24.6 Å². The van der Waals surface area contributed by atoms with Crippen LogP contribution in [0.25, 0.3) is 0 Å². The number of aromatic amines is 1. The highest BCUT2D eigenvalue weighted by Gasteiger charge is 2.39. The fourth-order valence-electron chi connectivity index (χ4n) is 4.92. The molecule has 10 nitrogen and oxygen atoms in total. The maximum Gasteiger partial charge on any atom is 0.423 e. The van der Waals surface area contributed by atoms with E-state index in [1.807, 2.05) is 11.3 Å². The van der Waals surface area contributed by atoms with Gasteiger partial charge in [-0.15, -0.1) is 0 Å². The summed E-state index contributed by atoms with van der Waals surface area (Å²) in [6, 6.07) is 2.13. The lowest BCUT2D eigenvalue weighted by Gasteiger charge is -2.44. The third kappa shape index (κ3) is 5.80. The molecule has 4 heterocycles. The van der Waals surface area contributed by atoms with Crippen LogP contribution in [0.3, 0.4) is 0 Å². The molecular weight excluding hydrogens is 521 g/mol. The van der Waals surface area contributed by atoms with Crippen molar-refractivity contribution in [2.24, 2.45) is 0 Å². The predicted octanol–water partition coefficient (Wildman–Crippen LogP) is 1.07. The summed E-state index contributed by atoms with van der Waals surface area (Å²) in [6.45, 7) is 4.16. The normalized spacial score (nSPS) is 20.8. The van der Waals surface area contributed by atoms with Gasteiger partial charge in [0.15, 0.2) is 11.6 Å². The molecule has 2 N–H and O–H groups in total. The van der Waals surface area contributed by atoms with Crippen molar-refractivity contribution >= 4 is 27.7 Å². The molecule has 2 fully saturated rings. The Kier molecular flexibility index (Phi) is 7.11. The number of halogens is 3. The molecule has 2 atom stereocenters. The van der Waals surface area contributed by atoms with Gasteiger partial charge in [0, 0.05) is 41.2 Å². The number of ether oxygens (including phenoxy) is 2. The van der Waals surface area contributed by atoms with E-state index in [-0.39, 0.29) is 31.6 Å². The summed E-state index contributed by atoms with van der Waals surface area (Å²) in [7, 11) is 0.412. The highest BCUT2D eigenvalue weighted by atomic mass is 28.1. The number of nitrogens with zero attached hydrogens (tertiary/aromatic N) is 4. The van der Waals surface area contributed by atoms with Crippen molar-refractivity contribution in [3.63, 3.8) is 0 Å². The number of amides is 1. The highest BCUT2D eigenvalue weighted by Crippen LogP contribution is 2.43. The largest absolute Gasteiger partial charge is 0.487 e. The van der Waals surface area contributed by atoms with Crippen LogP contribution in [0.4, 0.5) is 24.7 Å². The van der Waals surface area contributed by atoms with Gasteiger partial charge in [-0.1, -0.05) is 0 Å². The molecule has 0 aromatic carbocycles. The van der Waals surface area contributed by atoms with E-state index < -0.39 is 28.1 Å². The van der Waals surface area contributed by atoms with Gasteiger partial charge in [-0.3, -0.25) is 9.59 Å². The van der Waals surface area contributed by atoms with Gasteiger partial charge in [0.25, 0.3) is 5.56 Å². The van der Waals surface area contributed by atoms with E-state index in [0.717, 1.165) is 17.8 Å². The average Bonchev–Trinajstić information content (AvgIpc) is 3.70. The van der Waals surface area contributed by atoms with Crippen LogP contribution in [0, 0.1) is 0 Å². The minimum Gasteiger partial charge on any atom is -0.487 e. The Hall–Kier alpha value is -3.13. The highest BCUT2D eigenvalue weighted by molar-refractivity contribution is 6.16. The molecule has 3 aliphatic rings. The number of alkyl halides is 3. The standard InChI is InChI=1S/C24H31F3N6O4Si/c1-23(38,30-17-10-29-31-22(35)20(17)24(25,26)27)13-36-7-4-19(34)32-5-6-33-16(11-32)12-37-18-8-15(14-2-3-14)9-28-21(18)33/h8-10,14,16H,2-7,11-13H2,1,38H3,(H2,30,31,35). The average molecular weight is 553 g/mol. The summed E-state index contributed by atoms with van der Waals surface area (Å²) >= 11 is 0. The van der Waals surface area contributed by atoms with Crippen LogP contribution in [0.2, 0.25) is 0 Å². The van der Waals surface area contributed by atoms with E-state index in [1.165, 1.54) is 18.4 Å². The Labute approximate surface area is 220 Å². The fraction of sp³-hybridized carbons (Fsp3) is 0.583. The second-order valence-electron chi connectivity index (χ2n) is 10.7. The molecule has 206 valence electrons. The molecule has 1 aliphatic carbocycles. The first-order valence-corrected chi connectivity index (χ1v) is 13.7.